The van der Waals surface area contributed by atoms with Gasteiger partial charge in [0.1, 0.15) is 5.75 Å². The molecular weight excluding hydrogens is 230 g/mol. The Balaban J connectivity index is 2.84. The van der Waals surface area contributed by atoms with Crippen molar-refractivity contribution >= 4 is 23.3 Å². The van der Waals surface area contributed by atoms with Crippen LogP contribution < -0.4 is 9.64 Å². The molecule has 0 aliphatic carbocycles. The molecule has 0 spiro atoms. The molecule has 16 heavy (non-hydrogen) atoms. The SMILES string of the molecule is COc1ccc(Cl)cc1N(C)CCC(=O)O. The van der Waals surface area contributed by atoms with Gasteiger partial charge >= 0.3 is 5.97 Å². The number of carboxylic acids is 1. The summed E-state index contributed by atoms with van der Waals surface area (Å²) in [6, 6.07) is 5.24. The molecule has 0 aliphatic heterocycles. The maximum Gasteiger partial charge on any atom is 0.305 e. The van der Waals surface area contributed by atoms with Crippen LogP contribution in [0, 0.1) is 0 Å². The Morgan fingerprint density at radius 1 is 1.56 bits per heavy atom. The number of halogens is 1. The lowest BCUT2D eigenvalue weighted by molar-refractivity contribution is -0.136. The summed E-state index contributed by atoms with van der Waals surface area (Å²) in [4.78, 5) is 12.3. The van der Waals surface area contributed by atoms with Crippen LogP contribution in [0.1, 0.15) is 6.42 Å². The summed E-state index contributed by atoms with van der Waals surface area (Å²) in [7, 11) is 3.37. The van der Waals surface area contributed by atoms with Crippen LogP contribution in [-0.2, 0) is 4.79 Å². The van der Waals surface area contributed by atoms with Crippen molar-refractivity contribution in [1.82, 2.24) is 0 Å². The molecule has 1 N–H and O–H groups in total. The van der Waals surface area contributed by atoms with E-state index in [0.29, 0.717) is 17.3 Å². The van der Waals surface area contributed by atoms with E-state index in [1.807, 2.05) is 0 Å². The van der Waals surface area contributed by atoms with Crippen LogP contribution >= 0.6 is 11.6 Å². The molecule has 0 atom stereocenters. The van der Waals surface area contributed by atoms with Crippen molar-refractivity contribution in [1.29, 1.82) is 0 Å². The number of aliphatic carboxylic acids is 1. The number of rotatable bonds is 5. The summed E-state index contributed by atoms with van der Waals surface area (Å²) in [5.74, 6) is -0.148. The summed E-state index contributed by atoms with van der Waals surface area (Å²) in [6.07, 6.45) is 0.0756. The second-order valence-electron chi connectivity index (χ2n) is 3.38. The average molecular weight is 244 g/mol. The van der Waals surface area contributed by atoms with Gasteiger partial charge in [-0.15, -0.1) is 0 Å². The van der Waals surface area contributed by atoms with Crippen molar-refractivity contribution in [2.24, 2.45) is 0 Å². The van der Waals surface area contributed by atoms with E-state index in [0.717, 1.165) is 5.69 Å². The highest BCUT2D eigenvalue weighted by atomic mass is 35.5. The standard InChI is InChI=1S/C11H14ClNO3/c1-13(6-5-11(14)15)9-7-8(12)3-4-10(9)16-2/h3-4,7H,5-6H2,1-2H3,(H,14,15). The maximum absolute atomic E-state index is 10.5. The predicted molar refractivity (Wildman–Crippen MR) is 63.5 cm³/mol. The van der Waals surface area contributed by atoms with Gasteiger partial charge < -0.3 is 14.7 Å². The number of benzene rings is 1. The number of carboxylic acid groups (broad SMARTS) is 1. The quantitative estimate of drug-likeness (QED) is 0.862. The molecular formula is C11H14ClNO3. The summed E-state index contributed by atoms with van der Waals surface area (Å²) in [6.45, 7) is 0.409. The van der Waals surface area contributed by atoms with Crippen LogP contribution in [0.5, 0.6) is 5.75 Å². The zero-order chi connectivity index (χ0) is 12.1. The molecule has 0 saturated heterocycles. The Kier molecular flexibility index (Phi) is 4.43. The molecule has 4 nitrogen and oxygen atoms in total. The van der Waals surface area contributed by atoms with E-state index in [1.165, 1.54) is 0 Å². The first-order chi connectivity index (χ1) is 7.54. The Labute approximate surface area is 99.4 Å². The Morgan fingerprint density at radius 2 is 2.25 bits per heavy atom. The number of ether oxygens (including phenoxy) is 1. The molecule has 0 aliphatic rings. The fourth-order valence-electron chi connectivity index (χ4n) is 1.35. The molecule has 1 aromatic carbocycles. The molecule has 0 fully saturated rings. The van der Waals surface area contributed by atoms with Gasteiger partial charge in [0.15, 0.2) is 0 Å². The largest absolute Gasteiger partial charge is 0.495 e. The molecule has 5 heteroatoms. The van der Waals surface area contributed by atoms with Gasteiger partial charge in [0.2, 0.25) is 0 Å². The molecule has 88 valence electrons. The van der Waals surface area contributed by atoms with E-state index in [9.17, 15) is 4.79 Å². The number of nitrogens with zero attached hydrogens (tertiary/aromatic N) is 1. The van der Waals surface area contributed by atoms with Crippen molar-refractivity contribution in [3.63, 3.8) is 0 Å². The van der Waals surface area contributed by atoms with E-state index in [2.05, 4.69) is 0 Å². The monoisotopic (exact) mass is 243 g/mol. The van der Waals surface area contributed by atoms with Crippen molar-refractivity contribution in [2.75, 3.05) is 25.6 Å². The lowest BCUT2D eigenvalue weighted by Crippen LogP contribution is -2.21. The van der Waals surface area contributed by atoms with Crippen molar-refractivity contribution in [2.45, 2.75) is 6.42 Å². The average Bonchev–Trinajstić information content (AvgIpc) is 2.25. The second-order valence-corrected chi connectivity index (χ2v) is 3.82. The second kappa shape index (κ2) is 5.61. The molecule has 0 unspecified atom stereocenters. The fraction of sp³-hybridized carbons (Fsp3) is 0.364. The van der Waals surface area contributed by atoms with Gasteiger partial charge in [0.05, 0.1) is 19.2 Å². The Hall–Kier alpha value is -1.42. The Morgan fingerprint density at radius 3 is 2.81 bits per heavy atom. The molecule has 1 rings (SSSR count). The summed E-state index contributed by atoms with van der Waals surface area (Å²) >= 11 is 5.88. The number of hydrogen-bond donors (Lipinski definition) is 1. The minimum absolute atomic E-state index is 0.0756. The van der Waals surface area contributed by atoms with E-state index in [4.69, 9.17) is 21.4 Å². The summed E-state index contributed by atoms with van der Waals surface area (Å²) in [5.41, 5.74) is 0.788. The highest BCUT2D eigenvalue weighted by Gasteiger charge is 2.10. The number of methoxy groups -OCH3 is 1. The number of anilines is 1. The van der Waals surface area contributed by atoms with Crippen LogP contribution in [0.25, 0.3) is 0 Å². The highest BCUT2D eigenvalue weighted by Crippen LogP contribution is 2.30. The van der Waals surface area contributed by atoms with Crippen molar-refractivity contribution in [3.8, 4) is 5.75 Å². The third kappa shape index (κ3) is 3.31. The molecule has 0 aromatic heterocycles. The predicted octanol–water partition coefficient (Wildman–Crippen LogP) is 2.26. The molecule has 0 heterocycles. The van der Waals surface area contributed by atoms with Crippen LogP contribution in [-0.4, -0.2) is 31.8 Å². The molecule has 0 bridgehead atoms. The van der Waals surface area contributed by atoms with E-state index < -0.39 is 5.97 Å². The van der Waals surface area contributed by atoms with Crippen LogP contribution in [0.4, 0.5) is 5.69 Å². The first-order valence-electron chi connectivity index (χ1n) is 4.81. The molecule has 0 radical (unpaired) electrons. The fourth-order valence-corrected chi connectivity index (χ4v) is 1.51. The van der Waals surface area contributed by atoms with Gasteiger partial charge in [0, 0.05) is 18.6 Å². The Bertz CT molecular complexity index is 381. The minimum atomic E-state index is -0.826. The van der Waals surface area contributed by atoms with E-state index in [1.54, 1.807) is 37.3 Å². The van der Waals surface area contributed by atoms with Crippen molar-refractivity contribution in [3.05, 3.63) is 23.2 Å². The maximum atomic E-state index is 10.5. The zero-order valence-electron chi connectivity index (χ0n) is 9.24. The minimum Gasteiger partial charge on any atom is -0.495 e. The van der Waals surface area contributed by atoms with Gasteiger partial charge in [-0.3, -0.25) is 4.79 Å². The van der Waals surface area contributed by atoms with Crippen LogP contribution in [0.3, 0.4) is 0 Å². The van der Waals surface area contributed by atoms with Gasteiger partial charge in [-0.1, -0.05) is 11.6 Å². The van der Waals surface area contributed by atoms with E-state index >= 15 is 0 Å². The van der Waals surface area contributed by atoms with Crippen molar-refractivity contribution < 1.29 is 14.6 Å². The summed E-state index contributed by atoms with van der Waals surface area (Å²) < 4.78 is 5.18. The lowest BCUT2D eigenvalue weighted by Gasteiger charge is -2.21. The lowest BCUT2D eigenvalue weighted by atomic mass is 10.2. The third-order valence-electron chi connectivity index (χ3n) is 2.21. The highest BCUT2D eigenvalue weighted by molar-refractivity contribution is 6.30. The molecule has 1 aromatic rings. The first kappa shape index (κ1) is 12.6. The number of hydrogen-bond acceptors (Lipinski definition) is 3. The van der Waals surface area contributed by atoms with Crippen LogP contribution in [0.15, 0.2) is 18.2 Å². The third-order valence-corrected chi connectivity index (χ3v) is 2.45. The normalized spacial score (nSPS) is 9.94. The molecule has 0 saturated carbocycles. The van der Waals surface area contributed by atoms with Gasteiger partial charge in [-0.25, -0.2) is 0 Å². The van der Waals surface area contributed by atoms with Gasteiger partial charge in [-0.05, 0) is 18.2 Å². The first-order valence-corrected chi connectivity index (χ1v) is 5.19. The zero-order valence-corrected chi connectivity index (χ0v) is 9.99. The van der Waals surface area contributed by atoms with Gasteiger partial charge in [0.25, 0.3) is 0 Å². The summed E-state index contributed by atoms with van der Waals surface area (Å²) in [5, 5.41) is 9.20. The topological polar surface area (TPSA) is 49.8 Å². The van der Waals surface area contributed by atoms with Crippen LogP contribution in [0.2, 0.25) is 5.02 Å². The van der Waals surface area contributed by atoms with Gasteiger partial charge in [-0.2, -0.15) is 0 Å². The smallest absolute Gasteiger partial charge is 0.305 e. The molecule has 0 amide bonds. The number of carbonyl (C=O) groups is 1. The van der Waals surface area contributed by atoms with E-state index in [-0.39, 0.29) is 6.42 Å².